The lowest BCUT2D eigenvalue weighted by molar-refractivity contribution is 0.174. The predicted octanol–water partition coefficient (Wildman–Crippen LogP) is 1.77. The molecular weight excluding hydrogens is 228 g/mol. The van der Waals surface area contributed by atoms with E-state index in [9.17, 15) is 0 Å². The SMILES string of the molecule is CCCN(Cc1nc(C(C)C)no1)C1CCNC1. The Balaban J connectivity index is 1.98. The summed E-state index contributed by atoms with van der Waals surface area (Å²) in [6.07, 6.45) is 2.37. The molecule has 0 radical (unpaired) electrons. The molecule has 0 aromatic carbocycles. The minimum Gasteiger partial charge on any atom is -0.338 e. The summed E-state index contributed by atoms with van der Waals surface area (Å²) in [5.41, 5.74) is 0. The monoisotopic (exact) mass is 252 g/mol. The summed E-state index contributed by atoms with van der Waals surface area (Å²) in [6, 6.07) is 0.611. The Bertz CT molecular complexity index is 358. The van der Waals surface area contributed by atoms with E-state index in [1.165, 1.54) is 6.42 Å². The van der Waals surface area contributed by atoms with Gasteiger partial charge in [0, 0.05) is 18.5 Å². The maximum absolute atomic E-state index is 5.34. The molecule has 1 aliphatic heterocycles. The fourth-order valence-electron chi connectivity index (χ4n) is 2.37. The van der Waals surface area contributed by atoms with E-state index >= 15 is 0 Å². The number of rotatable bonds is 6. The second-order valence-electron chi connectivity index (χ2n) is 5.32. The zero-order valence-electron chi connectivity index (χ0n) is 11.6. The van der Waals surface area contributed by atoms with Crippen molar-refractivity contribution >= 4 is 0 Å². The van der Waals surface area contributed by atoms with Gasteiger partial charge in [0.1, 0.15) is 0 Å². The molecular formula is C13H24N4O. The fourth-order valence-corrected chi connectivity index (χ4v) is 2.37. The lowest BCUT2D eigenvalue weighted by atomic mass is 10.2. The Hall–Kier alpha value is -0.940. The van der Waals surface area contributed by atoms with Gasteiger partial charge < -0.3 is 9.84 Å². The smallest absolute Gasteiger partial charge is 0.240 e. The minimum atomic E-state index is 0.329. The number of nitrogens with one attached hydrogen (secondary N) is 1. The Morgan fingerprint density at radius 2 is 2.33 bits per heavy atom. The van der Waals surface area contributed by atoms with Crippen LogP contribution >= 0.6 is 0 Å². The summed E-state index contributed by atoms with van der Waals surface area (Å²) >= 11 is 0. The van der Waals surface area contributed by atoms with Crippen molar-refractivity contribution in [2.75, 3.05) is 19.6 Å². The van der Waals surface area contributed by atoms with Gasteiger partial charge in [-0.2, -0.15) is 4.98 Å². The molecule has 5 heteroatoms. The van der Waals surface area contributed by atoms with Gasteiger partial charge in [-0.15, -0.1) is 0 Å². The largest absolute Gasteiger partial charge is 0.338 e. The molecule has 0 saturated carbocycles. The number of aromatic nitrogens is 2. The third-order valence-electron chi connectivity index (χ3n) is 3.40. The predicted molar refractivity (Wildman–Crippen MR) is 70.4 cm³/mol. The van der Waals surface area contributed by atoms with Crippen molar-refractivity contribution in [3.8, 4) is 0 Å². The van der Waals surface area contributed by atoms with E-state index in [0.717, 1.165) is 44.3 Å². The second kappa shape index (κ2) is 6.29. The lowest BCUT2D eigenvalue weighted by Gasteiger charge is -2.26. The summed E-state index contributed by atoms with van der Waals surface area (Å²) in [5.74, 6) is 1.89. The molecule has 1 fully saturated rings. The van der Waals surface area contributed by atoms with Crippen molar-refractivity contribution in [1.82, 2.24) is 20.4 Å². The van der Waals surface area contributed by atoms with Gasteiger partial charge in [0.05, 0.1) is 6.54 Å². The van der Waals surface area contributed by atoms with Crippen LogP contribution in [0, 0.1) is 0 Å². The fraction of sp³-hybridized carbons (Fsp3) is 0.846. The van der Waals surface area contributed by atoms with Gasteiger partial charge in [-0.05, 0) is 25.9 Å². The maximum Gasteiger partial charge on any atom is 0.240 e. The zero-order valence-corrected chi connectivity index (χ0v) is 11.6. The van der Waals surface area contributed by atoms with Crippen LogP contribution in [0.25, 0.3) is 0 Å². The molecule has 18 heavy (non-hydrogen) atoms. The van der Waals surface area contributed by atoms with E-state index in [4.69, 9.17) is 4.52 Å². The topological polar surface area (TPSA) is 54.2 Å². The van der Waals surface area contributed by atoms with Gasteiger partial charge in [0.2, 0.25) is 5.89 Å². The van der Waals surface area contributed by atoms with E-state index in [2.05, 4.69) is 41.1 Å². The van der Waals surface area contributed by atoms with Gasteiger partial charge in [0.15, 0.2) is 5.82 Å². The summed E-state index contributed by atoms with van der Waals surface area (Å²) in [6.45, 7) is 10.4. The van der Waals surface area contributed by atoms with Crippen molar-refractivity contribution in [2.24, 2.45) is 0 Å². The van der Waals surface area contributed by atoms with Crippen molar-refractivity contribution in [1.29, 1.82) is 0 Å². The van der Waals surface area contributed by atoms with Crippen LogP contribution in [0.3, 0.4) is 0 Å². The molecule has 1 saturated heterocycles. The van der Waals surface area contributed by atoms with Crippen LogP contribution in [0.2, 0.25) is 0 Å². The van der Waals surface area contributed by atoms with Crippen LogP contribution in [-0.2, 0) is 6.54 Å². The van der Waals surface area contributed by atoms with Gasteiger partial charge in [0.25, 0.3) is 0 Å². The first-order chi connectivity index (χ1) is 8.70. The first-order valence-electron chi connectivity index (χ1n) is 6.98. The normalized spacial score (nSPS) is 20.2. The summed E-state index contributed by atoms with van der Waals surface area (Å²) in [5, 5.41) is 7.44. The minimum absolute atomic E-state index is 0.329. The average Bonchev–Trinajstić information content (AvgIpc) is 2.99. The maximum atomic E-state index is 5.34. The molecule has 102 valence electrons. The second-order valence-corrected chi connectivity index (χ2v) is 5.32. The first-order valence-corrected chi connectivity index (χ1v) is 6.98. The standard InChI is InChI=1S/C13H24N4O/c1-4-7-17(11-5-6-14-8-11)9-12-15-13(10(2)3)16-18-12/h10-11,14H,4-9H2,1-3H3. The highest BCUT2D eigenvalue weighted by molar-refractivity contribution is 4.92. The van der Waals surface area contributed by atoms with E-state index < -0.39 is 0 Å². The number of hydrogen-bond acceptors (Lipinski definition) is 5. The lowest BCUT2D eigenvalue weighted by Crippen LogP contribution is -2.37. The van der Waals surface area contributed by atoms with Crippen molar-refractivity contribution in [3.63, 3.8) is 0 Å². The van der Waals surface area contributed by atoms with Crippen LogP contribution in [0.5, 0.6) is 0 Å². The third kappa shape index (κ3) is 3.29. The van der Waals surface area contributed by atoms with Crippen molar-refractivity contribution in [2.45, 2.75) is 52.1 Å². The van der Waals surface area contributed by atoms with E-state index in [1.807, 2.05) is 0 Å². The molecule has 0 amide bonds. The molecule has 1 aromatic rings. The van der Waals surface area contributed by atoms with Crippen molar-refractivity contribution in [3.05, 3.63) is 11.7 Å². The van der Waals surface area contributed by atoms with Crippen LogP contribution in [0.15, 0.2) is 4.52 Å². The van der Waals surface area contributed by atoms with Gasteiger partial charge in [-0.3, -0.25) is 4.90 Å². The number of nitrogens with zero attached hydrogens (tertiary/aromatic N) is 3. The Morgan fingerprint density at radius 3 is 2.89 bits per heavy atom. The zero-order chi connectivity index (χ0) is 13.0. The molecule has 2 heterocycles. The van der Waals surface area contributed by atoms with E-state index in [1.54, 1.807) is 0 Å². The Kier molecular flexibility index (Phi) is 4.72. The molecule has 1 unspecified atom stereocenters. The van der Waals surface area contributed by atoms with Crippen LogP contribution in [-0.4, -0.2) is 40.7 Å². The van der Waals surface area contributed by atoms with Crippen molar-refractivity contribution < 1.29 is 4.52 Å². The van der Waals surface area contributed by atoms with Crippen LogP contribution < -0.4 is 5.32 Å². The molecule has 0 aliphatic carbocycles. The summed E-state index contributed by atoms with van der Waals surface area (Å²) < 4.78 is 5.34. The molecule has 1 N–H and O–H groups in total. The molecule has 1 atom stereocenters. The van der Waals surface area contributed by atoms with Gasteiger partial charge >= 0.3 is 0 Å². The highest BCUT2D eigenvalue weighted by Gasteiger charge is 2.23. The van der Waals surface area contributed by atoms with Crippen LogP contribution in [0.4, 0.5) is 0 Å². The first kappa shape index (κ1) is 13.5. The molecule has 0 spiro atoms. The molecule has 0 bridgehead atoms. The summed E-state index contributed by atoms with van der Waals surface area (Å²) in [4.78, 5) is 6.92. The number of hydrogen-bond donors (Lipinski definition) is 1. The van der Waals surface area contributed by atoms with Gasteiger partial charge in [-0.1, -0.05) is 25.9 Å². The highest BCUT2D eigenvalue weighted by Crippen LogP contribution is 2.15. The Labute approximate surface area is 109 Å². The van der Waals surface area contributed by atoms with Crippen LogP contribution in [0.1, 0.15) is 51.2 Å². The van der Waals surface area contributed by atoms with Gasteiger partial charge in [-0.25, -0.2) is 0 Å². The molecule has 2 rings (SSSR count). The molecule has 1 aromatic heterocycles. The average molecular weight is 252 g/mol. The van der Waals surface area contributed by atoms with E-state index in [-0.39, 0.29) is 0 Å². The Morgan fingerprint density at radius 1 is 1.50 bits per heavy atom. The summed E-state index contributed by atoms with van der Waals surface area (Å²) in [7, 11) is 0. The third-order valence-corrected chi connectivity index (χ3v) is 3.40. The quantitative estimate of drug-likeness (QED) is 0.836. The molecule has 5 nitrogen and oxygen atoms in total. The molecule has 1 aliphatic rings. The van der Waals surface area contributed by atoms with E-state index in [0.29, 0.717) is 12.0 Å². The highest BCUT2D eigenvalue weighted by atomic mass is 16.5.